The molecule has 0 spiro atoms. The second-order valence-corrected chi connectivity index (χ2v) is 5.50. The lowest BCUT2D eigenvalue weighted by Gasteiger charge is -2.13. The molecule has 3 aromatic rings. The second kappa shape index (κ2) is 6.93. The number of nitriles is 1. The van der Waals surface area contributed by atoms with Crippen LogP contribution in [0, 0.1) is 17.1 Å². The molecule has 1 atom stereocenters. The summed E-state index contributed by atoms with van der Waals surface area (Å²) in [5, 5.41) is 14.1. The van der Waals surface area contributed by atoms with Gasteiger partial charge in [-0.2, -0.15) is 5.26 Å². The second-order valence-electron chi connectivity index (χ2n) is 5.50. The number of halogens is 1. The van der Waals surface area contributed by atoms with Crippen molar-refractivity contribution in [1.29, 1.82) is 5.26 Å². The lowest BCUT2D eigenvalue weighted by molar-refractivity contribution is -0.120. The highest BCUT2D eigenvalue weighted by atomic mass is 19.1. The summed E-state index contributed by atoms with van der Waals surface area (Å²) in [6, 6.07) is 20.4. The summed E-state index contributed by atoms with van der Waals surface area (Å²) in [6.07, 6.45) is 0.181. The van der Waals surface area contributed by atoms with Crippen molar-refractivity contribution in [3.63, 3.8) is 0 Å². The molecule has 0 radical (unpaired) electrons. The highest BCUT2D eigenvalue weighted by Gasteiger charge is 2.15. The Bertz CT molecular complexity index is 908. The van der Waals surface area contributed by atoms with E-state index in [9.17, 15) is 14.4 Å². The molecule has 0 bridgehead atoms. The first-order chi connectivity index (χ1) is 11.7. The lowest BCUT2D eigenvalue weighted by Crippen LogP contribution is -2.29. The minimum absolute atomic E-state index is 0.181. The van der Waals surface area contributed by atoms with Crippen LogP contribution in [-0.4, -0.2) is 5.91 Å². The van der Waals surface area contributed by atoms with Crippen LogP contribution in [0.5, 0.6) is 0 Å². The summed E-state index contributed by atoms with van der Waals surface area (Å²) >= 11 is 0. The molecule has 0 fully saturated rings. The quantitative estimate of drug-likeness (QED) is 0.793. The first-order valence-electron chi connectivity index (χ1n) is 7.58. The van der Waals surface area contributed by atoms with Gasteiger partial charge >= 0.3 is 0 Å². The summed E-state index contributed by atoms with van der Waals surface area (Å²) in [5.74, 6) is -0.625. The highest BCUT2D eigenvalue weighted by Crippen LogP contribution is 2.19. The molecule has 0 saturated heterocycles. The van der Waals surface area contributed by atoms with Crippen LogP contribution in [0.25, 0.3) is 10.8 Å². The molecule has 0 saturated carbocycles. The third kappa shape index (κ3) is 3.41. The van der Waals surface area contributed by atoms with Crippen molar-refractivity contribution >= 4 is 16.7 Å². The van der Waals surface area contributed by atoms with E-state index in [0.717, 1.165) is 16.3 Å². The third-order valence-corrected chi connectivity index (χ3v) is 3.87. The Balaban J connectivity index is 1.77. The van der Waals surface area contributed by atoms with Crippen molar-refractivity contribution in [2.75, 3.05) is 0 Å². The van der Waals surface area contributed by atoms with Gasteiger partial charge in [-0.05, 0) is 34.0 Å². The Labute approximate surface area is 139 Å². The Morgan fingerprint density at radius 2 is 1.75 bits per heavy atom. The van der Waals surface area contributed by atoms with Crippen LogP contribution in [0.4, 0.5) is 4.39 Å². The van der Waals surface area contributed by atoms with Crippen LogP contribution in [0.2, 0.25) is 0 Å². The average Bonchev–Trinajstić information content (AvgIpc) is 2.61. The summed E-state index contributed by atoms with van der Waals surface area (Å²) in [7, 11) is 0. The first kappa shape index (κ1) is 15.7. The van der Waals surface area contributed by atoms with Crippen molar-refractivity contribution in [1.82, 2.24) is 5.32 Å². The monoisotopic (exact) mass is 318 g/mol. The summed E-state index contributed by atoms with van der Waals surface area (Å²) < 4.78 is 13.0. The molecule has 118 valence electrons. The molecule has 4 heteroatoms. The fraction of sp³-hybridized carbons (Fsp3) is 0.100. The Kier molecular flexibility index (Phi) is 4.53. The molecule has 0 aliphatic heterocycles. The van der Waals surface area contributed by atoms with Crippen molar-refractivity contribution in [3.8, 4) is 6.07 Å². The van der Waals surface area contributed by atoms with E-state index in [2.05, 4.69) is 5.32 Å². The minimum atomic E-state index is -0.798. The minimum Gasteiger partial charge on any atom is -0.336 e. The average molecular weight is 318 g/mol. The summed E-state index contributed by atoms with van der Waals surface area (Å²) in [4.78, 5) is 12.3. The maximum atomic E-state index is 13.0. The van der Waals surface area contributed by atoms with Gasteiger partial charge in [-0.15, -0.1) is 0 Å². The van der Waals surface area contributed by atoms with Crippen molar-refractivity contribution in [2.24, 2.45) is 0 Å². The smallest absolute Gasteiger partial charge is 0.225 e. The molecule has 24 heavy (non-hydrogen) atoms. The third-order valence-electron chi connectivity index (χ3n) is 3.87. The van der Waals surface area contributed by atoms with Gasteiger partial charge < -0.3 is 5.32 Å². The molecular formula is C20H15FN2O. The number of carbonyl (C=O) groups is 1. The van der Waals surface area contributed by atoms with E-state index < -0.39 is 6.04 Å². The molecule has 1 N–H and O–H groups in total. The fourth-order valence-electron chi connectivity index (χ4n) is 2.68. The SMILES string of the molecule is N#C[C@H](NC(=O)Cc1cccc2ccccc12)c1ccc(F)cc1. The number of hydrogen-bond acceptors (Lipinski definition) is 2. The number of benzene rings is 3. The molecule has 3 aromatic carbocycles. The van der Waals surface area contributed by atoms with Gasteiger partial charge in [-0.1, -0.05) is 54.6 Å². The van der Waals surface area contributed by atoms with Crippen LogP contribution in [0.15, 0.2) is 66.7 Å². The number of hydrogen-bond donors (Lipinski definition) is 1. The van der Waals surface area contributed by atoms with Gasteiger partial charge in [0.1, 0.15) is 11.9 Å². The summed E-state index contributed by atoms with van der Waals surface area (Å²) in [6.45, 7) is 0. The van der Waals surface area contributed by atoms with Crippen LogP contribution in [0.1, 0.15) is 17.2 Å². The lowest BCUT2D eigenvalue weighted by atomic mass is 10.0. The number of nitrogens with one attached hydrogen (secondary N) is 1. The number of carbonyl (C=O) groups excluding carboxylic acids is 1. The van der Waals surface area contributed by atoms with Gasteiger partial charge in [0, 0.05) is 0 Å². The van der Waals surface area contributed by atoms with E-state index in [4.69, 9.17) is 0 Å². The number of nitrogens with zero attached hydrogens (tertiary/aromatic N) is 1. The largest absolute Gasteiger partial charge is 0.336 e. The molecule has 1 amide bonds. The molecule has 0 aromatic heterocycles. The Morgan fingerprint density at radius 1 is 1.04 bits per heavy atom. The van der Waals surface area contributed by atoms with Gasteiger partial charge in [0.15, 0.2) is 0 Å². The first-order valence-corrected chi connectivity index (χ1v) is 7.58. The van der Waals surface area contributed by atoms with E-state index >= 15 is 0 Å². The maximum Gasteiger partial charge on any atom is 0.225 e. The normalized spacial score (nSPS) is 11.7. The molecule has 3 nitrogen and oxygen atoms in total. The molecule has 0 aliphatic carbocycles. The fourth-order valence-corrected chi connectivity index (χ4v) is 2.68. The number of amides is 1. The molecule has 0 heterocycles. The van der Waals surface area contributed by atoms with Crippen molar-refractivity contribution in [2.45, 2.75) is 12.5 Å². The van der Waals surface area contributed by atoms with Gasteiger partial charge in [0.05, 0.1) is 12.5 Å². The van der Waals surface area contributed by atoms with Gasteiger partial charge in [0.25, 0.3) is 0 Å². The molecule has 3 rings (SSSR count). The van der Waals surface area contributed by atoms with Crippen LogP contribution < -0.4 is 5.32 Å². The Hall–Kier alpha value is -3.19. The van der Waals surface area contributed by atoms with E-state index in [1.807, 2.05) is 48.5 Å². The topological polar surface area (TPSA) is 52.9 Å². The number of rotatable bonds is 4. The number of fused-ring (bicyclic) bond motifs is 1. The molecular weight excluding hydrogens is 303 g/mol. The van der Waals surface area contributed by atoms with Crippen LogP contribution in [0.3, 0.4) is 0 Å². The maximum absolute atomic E-state index is 13.0. The predicted octanol–water partition coefficient (Wildman–Crippen LogP) is 3.90. The van der Waals surface area contributed by atoms with Crippen LogP contribution in [-0.2, 0) is 11.2 Å². The van der Waals surface area contributed by atoms with Gasteiger partial charge in [-0.3, -0.25) is 4.79 Å². The van der Waals surface area contributed by atoms with E-state index in [1.165, 1.54) is 24.3 Å². The predicted molar refractivity (Wildman–Crippen MR) is 90.5 cm³/mol. The standard InChI is InChI=1S/C20H15FN2O/c21-17-10-8-15(9-11-17)19(13-22)23-20(24)12-16-6-3-5-14-4-1-2-7-18(14)16/h1-11,19H,12H2,(H,23,24)/t19-/m0/s1. The van der Waals surface area contributed by atoms with Crippen molar-refractivity contribution < 1.29 is 9.18 Å². The zero-order chi connectivity index (χ0) is 16.9. The van der Waals surface area contributed by atoms with E-state index in [1.54, 1.807) is 0 Å². The highest BCUT2D eigenvalue weighted by molar-refractivity contribution is 5.90. The van der Waals surface area contributed by atoms with E-state index in [-0.39, 0.29) is 18.1 Å². The molecule has 0 unspecified atom stereocenters. The zero-order valence-corrected chi connectivity index (χ0v) is 12.9. The molecule has 0 aliphatic rings. The van der Waals surface area contributed by atoms with Gasteiger partial charge in [-0.25, -0.2) is 4.39 Å². The summed E-state index contributed by atoms with van der Waals surface area (Å²) in [5.41, 5.74) is 1.46. The van der Waals surface area contributed by atoms with Gasteiger partial charge in [0.2, 0.25) is 5.91 Å². The zero-order valence-electron chi connectivity index (χ0n) is 12.9. The van der Waals surface area contributed by atoms with E-state index in [0.29, 0.717) is 5.56 Å². The van der Waals surface area contributed by atoms with Crippen molar-refractivity contribution in [3.05, 3.63) is 83.7 Å². The Morgan fingerprint density at radius 3 is 2.50 bits per heavy atom. The van der Waals surface area contributed by atoms with Crippen LogP contribution >= 0.6 is 0 Å².